The predicted molar refractivity (Wildman–Crippen MR) is 93.7 cm³/mol. The average Bonchev–Trinajstić information content (AvgIpc) is 2.56. The fraction of sp³-hybridized carbons (Fsp3) is 0.667. The van der Waals surface area contributed by atoms with Crippen molar-refractivity contribution >= 4 is 0 Å². The highest BCUT2D eigenvalue weighted by molar-refractivity contribution is 5.41. The van der Waals surface area contributed by atoms with Gasteiger partial charge in [0.1, 0.15) is 11.5 Å². The van der Waals surface area contributed by atoms with Crippen molar-refractivity contribution in [3.63, 3.8) is 0 Å². The molecule has 6 nitrogen and oxygen atoms in total. The number of aliphatic hydroxyl groups excluding tert-OH is 2. The zero-order chi connectivity index (χ0) is 17.7. The highest BCUT2D eigenvalue weighted by Gasteiger charge is 2.26. The summed E-state index contributed by atoms with van der Waals surface area (Å²) in [5.74, 6) is 1.38. The maximum atomic E-state index is 10.7. The second-order valence-electron chi connectivity index (χ2n) is 6.58. The number of aliphatic hydroxyl groups is 2. The molecular weight excluding hydrogens is 308 g/mol. The summed E-state index contributed by atoms with van der Waals surface area (Å²) in [6.07, 6.45) is -0.948. The predicted octanol–water partition coefficient (Wildman–Crippen LogP) is 1.12. The van der Waals surface area contributed by atoms with Crippen molar-refractivity contribution < 1.29 is 19.7 Å². The molecule has 0 unspecified atom stereocenters. The van der Waals surface area contributed by atoms with E-state index in [1.165, 1.54) is 0 Å². The Hall–Kier alpha value is -1.34. The molecule has 1 aliphatic heterocycles. The van der Waals surface area contributed by atoms with E-state index in [1.54, 1.807) is 14.2 Å². The van der Waals surface area contributed by atoms with E-state index in [9.17, 15) is 10.2 Å². The maximum absolute atomic E-state index is 10.7. The Labute approximate surface area is 144 Å². The van der Waals surface area contributed by atoms with Crippen LogP contribution in [0.3, 0.4) is 0 Å². The van der Waals surface area contributed by atoms with Gasteiger partial charge in [-0.25, -0.2) is 0 Å². The number of piperazine rings is 1. The van der Waals surface area contributed by atoms with E-state index in [0.29, 0.717) is 30.6 Å². The first-order chi connectivity index (χ1) is 11.4. The van der Waals surface area contributed by atoms with Gasteiger partial charge in [0.2, 0.25) is 0 Å². The van der Waals surface area contributed by atoms with E-state index >= 15 is 0 Å². The molecule has 1 heterocycles. The topological polar surface area (TPSA) is 65.4 Å². The van der Waals surface area contributed by atoms with Crippen molar-refractivity contribution in [2.75, 3.05) is 46.9 Å². The number of nitrogens with zero attached hydrogens (tertiary/aromatic N) is 2. The van der Waals surface area contributed by atoms with Crippen LogP contribution in [0, 0.1) is 0 Å². The molecule has 1 aromatic carbocycles. The summed E-state index contributed by atoms with van der Waals surface area (Å²) in [7, 11) is 3.22. The van der Waals surface area contributed by atoms with Gasteiger partial charge in [-0.1, -0.05) is 0 Å². The molecule has 0 bridgehead atoms. The molecule has 1 aliphatic rings. The van der Waals surface area contributed by atoms with Crippen LogP contribution < -0.4 is 9.47 Å². The van der Waals surface area contributed by atoms with Crippen LogP contribution in [0.1, 0.15) is 25.5 Å². The minimum Gasteiger partial charge on any atom is -0.497 e. The molecule has 0 aromatic heterocycles. The van der Waals surface area contributed by atoms with Crippen molar-refractivity contribution in [1.82, 2.24) is 9.80 Å². The van der Waals surface area contributed by atoms with E-state index in [-0.39, 0.29) is 6.10 Å². The van der Waals surface area contributed by atoms with E-state index in [1.807, 2.05) is 25.1 Å². The first kappa shape index (κ1) is 19.0. The minimum atomic E-state index is -0.634. The molecule has 0 spiro atoms. The van der Waals surface area contributed by atoms with Crippen LogP contribution in [-0.2, 0) is 0 Å². The number of methoxy groups -OCH3 is 2. The number of β-amino-alcohol motifs (C(OH)–C–C–N with tert-alkyl or cyclic N) is 2. The second kappa shape index (κ2) is 8.67. The Kier molecular flexibility index (Phi) is 6.86. The third-order valence-electron chi connectivity index (χ3n) is 4.57. The molecule has 1 fully saturated rings. The zero-order valence-corrected chi connectivity index (χ0v) is 15.1. The van der Waals surface area contributed by atoms with Gasteiger partial charge in [0.15, 0.2) is 0 Å². The molecule has 2 N–H and O–H groups in total. The lowest BCUT2D eigenvalue weighted by Gasteiger charge is -2.41. The Bertz CT molecular complexity index is 524. The number of hydrogen-bond acceptors (Lipinski definition) is 6. The average molecular weight is 338 g/mol. The molecule has 2 rings (SSSR count). The molecule has 6 heteroatoms. The number of hydrogen-bond donors (Lipinski definition) is 2. The van der Waals surface area contributed by atoms with Gasteiger partial charge < -0.3 is 19.7 Å². The number of rotatable bonds is 7. The summed E-state index contributed by atoms with van der Waals surface area (Å²) < 4.78 is 10.6. The van der Waals surface area contributed by atoms with Crippen LogP contribution in [0.15, 0.2) is 18.2 Å². The smallest absolute Gasteiger partial charge is 0.124 e. The van der Waals surface area contributed by atoms with Gasteiger partial charge in [-0.3, -0.25) is 9.80 Å². The Morgan fingerprint density at radius 3 is 2.50 bits per heavy atom. The normalized spacial score (nSPS) is 22.2. The Balaban J connectivity index is 1.99. The van der Waals surface area contributed by atoms with Crippen LogP contribution in [0.2, 0.25) is 0 Å². The van der Waals surface area contributed by atoms with E-state index in [4.69, 9.17) is 9.47 Å². The lowest BCUT2D eigenvalue weighted by molar-refractivity contribution is 0.0236. The molecule has 3 atom stereocenters. The quantitative estimate of drug-likeness (QED) is 0.777. The summed E-state index contributed by atoms with van der Waals surface area (Å²) >= 11 is 0. The summed E-state index contributed by atoms with van der Waals surface area (Å²) in [4.78, 5) is 4.55. The fourth-order valence-electron chi connectivity index (χ4n) is 3.29. The van der Waals surface area contributed by atoms with E-state index < -0.39 is 6.10 Å². The van der Waals surface area contributed by atoms with Crippen molar-refractivity contribution in [3.05, 3.63) is 23.8 Å². The van der Waals surface area contributed by atoms with Crippen molar-refractivity contribution in [1.29, 1.82) is 0 Å². The van der Waals surface area contributed by atoms with E-state index in [0.717, 1.165) is 25.2 Å². The van der Waals surface area contributed by atoms with Gasteiger partial charge in [-0.05, 0) is 32.0 Å². The highest BCUT2D eigenvalue weighted by Crippen LogP contribution is 2.30. The molecule has 0 aliphatic carbocycles. The molecule has 0 saturated carbocycles. The molecular formula is C18H30N2O4. The molecule has 24 heavy (non-hydrogen) atoms. The third kappa shape index (κ3) is 4.83. The van der Waals surface area contributed by atoms with E-state index in [2.05, 4.69) is 16.7 Å². The zero-order valence-electron chi connectivity index (χ0n) is 15.1. The summed E-state index contributed by atoms with van der Waals surface area (Å²) in [5, 5.41) is 20.2. The first-order valence-corrected chi connectivity index (χ1v) is 8.49. The summed E-state index contributed by atoms with van der Waals surface area (Å²) in [6, 6.07) is 5.83. The van der Waals surface area contributed by atoms with Gasteiger partial charge in [-0.15, -0.1) is 0 Å². The third-order valence-corrected chi connectivity index (χ3v) is 4.57. The fourth-order valence-corrected chi connectivity index (χ4v) is 3.29. The van der Waals surface area contributed by atoms with Crippen LogP contribution in [0.25, 0.3) is 0 Å². The van der Waals surface area contributed by atoms with Gasteiger partial charge in [-0.2, -0.15) is 0 Å². The monoisotopic (exact) mass is 338 g/mol. The summed E-state index contributed by atoms with van der Waals surface area (Å²) in [6.45, 7) is 7.87. The molecule has 1 aromatic rings. The lowest BCUT2D eigenvalue weighted by Crippen LogP contribution is -2.54. The van der Waals surface area contributed by atoms with Crippen LogP contribution in [0.5, 0.6) is 11.5 Å². The highest BCUT2D eigenvalue weighted by atomic mass is 16.5. The van der Waals surface area contributed by atoms with Crippen LogP contribution >= 0.6 is 0 Å². The van der Waals surface area contributed by atoms with Crippen LogP contribution in [-0.4, -0.2) is 79.1 Å². The molecule has 0 amide bonds. The Morgan fingerprint density at radius 2 is 1.92 bits per heavy atom. The SMILES string of the molecule is COc1ccc(OC)c([C@H](O)CN2CCN(C[C@H](C)O)[C@@H](C)C2)c1. The number of benzene rings is 1. The first-order valence-electron chi connectivity index (χ1n) is 8.49. The summed E-state index contributed by atoms with van der Waals surface area (Å²) in [5.41, 5.74) is 0.746. The van der Waals surface area contributed by atoms with Gasteiger partial charge in [0.05, 0.1) is 26.4 Å². The van der Waals surface area contributed by atoms with Crippen LogP contribution in [0.4, 0.5) is 0 Å². The Morgan fingerprint density at radius 1 is 1.17 bits per heavy atom. The van der Waals surface area contributed by atoms with Crippen molar-refractivity contribution in [3.8, 4) is 11.5 Å². The second-order valence-corrected chi connectivity index (χ2v) is 6.58. The van der Waals surface area contributed by atoms with Crippen molar-refractivity contribution in [2.45, 2.75) is 32.1 Å². The minimum absolute atomic E-state index is 0.314. The molecule has 1 saturated heterocycles. The standard InChI is InChI=1S/C18H30N2O4/c1-13-10-19(7-8-20(13)11-14(2)21)12-17(22)16-9-15(23-3)5-6-18(16)24-4/h5-6,9,13-14,17,21-22H,7-8,10-12H2,1-4H3/t13-,14-,17+/m0/s1. The lowest BCUT2D eigenvalue weighted by atomic mass is 10.1. The molecule has 0 radical (unpaired) electrons. The van der Waals surface area contributed by atoms with Gasteiger partial charge >= 0.3 is 0 Å². The number of ether oxygens (including phenoxy) is 2. The van der Waals surface area contributed by atoms with Gasteiger partial charge in [0.25, 0.3) is 0 Å². The largest absolute Gasteiger partial charge is 0.497 e. The molecule has 136 valence electrons. The van der Waals surface area contributed by atoms with Gasteiger partial charge in [0, 0.05) is 44.3 Å². The van der Waals surface area contributed by atoms with Crippen molar-refractivity contribution in [2.24, 2.45) is 0 Å². The maximum Gasteiger partial charge on any atom is 0.124 e.